The Hall–Kier alpha value is -1.33. The van der Waals surface area contributed by atoms with Gasteiger partial charge in [-0.1, -0.05) is 0 Å². The van der Waals surface area contributed by atoms with Gasteiger partial charge in [0.2, 0.25) is 0 Å². The maximum Gasteiger partial charge on any atom is 0.355 e. The molecule has 23 heavy (non-hydrogen) atoms. The average Bonchev–Trinajstić information content (AvgIpc) is 2.82. The van der Waals surface area contributed by atoms with Crippen LogP contribution >= 0.6 is 7.60 Å². The Kier molecular flexibility index (Phi) is 5.53. The molecule has 2 rings (SSSR count). The summed E-state index contributed by atoms with van der Waals surface area (Å²) in [6.45, 7) is -0.242. The van der Waals surface area contributed by atoms with E-state index in [0.717, 1.165) is 0 Å². The largest absolute Gasteiger partial charge is 0.388 e. The Balaban J connectivity index is 2.23. The Morgan fingerprint density at radius 2 is 2.22 bits per heavy atom. The number of aliphatic hydroxyl groups is 2. The summed E-state index contributed by atoms with van der Waals surface area (Å²) in [6.07, 6.45) is -2.12. The quantitative estimate of drug-likeness (QED) is 0.357. The molecule has 3 atom stereocenters. The predicted molar refractivity (Wildman–Crippen MR) is 76.8 cm³/mol. The molecule has 0 radical (unpaired) electrons. The monoisotopic (exact) mass is 351 g/mol. The highest BCUT2D eigenvalue weighted by atomic mass is 31.2. The number of anilines is 1. The lowest BCUT2D eigenvalue weighted by Gasteiger charge is -2.33. The number of aromatic nitrogens is 2. The molecule has 1 aliphatic rings. The molecule has 0 unspecified atom stereocenters. The van der Waals surface area contributed by atoms with Crippen LogP contribution in [-0.4, -0.2) is 65.5 Å². The second kappa shape index (κ2) is 7.05. The molecular weight excluding hydrogens is 333 g/mol. The molecule has 4 N–H and O–H groups in total. The van der Waals surface area contributed by atoms with Crippen molar-refractivity contribution in [1.82, 2.24) is 9.97 Å². The molecule has 0 saturated carbocycles. The topological polar surface area (TPSA) is 152 Å². The van der Waals surface area contributed by atoms with Crippen molar-refractivity contribution in [3.8, 4) is 0 Å². The fourth-order valence-corrected chi connectivity index (χ4v) is 2.61. The number of H-pyrrole nitrogens is 1. The molecule has 130 valence electrons. The van der Waals surface area contributed by atoms with Gasteiger partial charge in [-0.05, 0) is 6.07 Å². The SMILES string of the molecule is COP(=O)(CO[C@@]1(Nc2ccnc(=O)[nH]2)OC[C@@H](O)[C@H]1O)OC. The van der Waals surface area contributed by atoms with Gasteiger partial charge >= 0.3 is 13.3 Å². The molecule has 1 saturated heterocycles. The maximum absolute atomic E-state index is 12.1. The zero-order valence-corrected chi connectivity index (χ0v) is 13.4. The molecule has 0 spiro atoms. The number of hydrogen-bond donors (Lipinski definition) is 4. The van der Waals surface area contributed by atoms with E-state index in [0.29, 0.717) is 0 Å². The van der Waals surface area contributed by atoms with Crippen LogP contribution < -0.4 is 11.0 Å². The summed E-state index contributed by atoms with van der Waals surface area (Å²) in [5, 5.41) is 22.5. The lowest BCUT2D eigenvalue weighted by Crippen LogP contribution is -2.52. The van der Waals surface area contributed by atoms with Crippen LogP contribution in [0.1, 0.15) is 0 Å². The third-order valence-electron chi connectivity index (χ3n) is 3.20. The average molecular weight is 351 g/mol. The molecule has 0 aliphatic carbocycles. The second-order valence-corrected chi connectivity index (χ2v) is 6.86. The van der Waals surface area contributed by atoms with E-state index in [1.54, 1.807) is 0 Å². The van der Waals surface area contributed by atoms with Gasteiger partial charge in [0.1, 0.15) is 11.9 Å². The van der Waals surface area contributed by atoms with Crippen LogP contribution in [0.2, 0.25) is 0 Å². The van der Waals surface area contributed by atoms with E-state index >= 15 is 0 Å². The first-order valence-corrected chi connectivity index (χ1v) is 8.25. The highest BCUT2D eigenvalue weighted by Crippen LogP contribution is 2.47. The van der Waals surface area contributed by atoms with Crippen molar-refractivity contribution >= 4 is 13.4 Å². The maximum atomic E-state index is 12.1. The van der Waals surface area contributed by atoms with Crippen molar-refractivity contribution in [3.63, 3.8) is 0 Å². The summed E-state index contributed by atoms with van der Waals surface area (Å²) < 4.78 is 32.2. The van der Waals surface area contributed by atoms with Gasteiger partial charge in [0.15, 0.2) is 12.5 Å². The number of rotatable bonds is 7. The van der Waals surface area contributed by atoms with Crippen LogP contribution in [0.25, 0.3) is 0 Å². The number of hydrogen-bond acceptors (Lipinski definition) is 10. The normalized spacial score (nSPS) is 28.0. The van der Waals surface area contributed by atoms with Gasteiger partial charge < -0.3 is 34.1 Å². The second-order valence-electron chi connectivity index (χ2n) is 4.65. The summed E-state index contributed by atoms with van der Waals surface area (Å²) in [6, 6.07) is 1.39. The van der Waals surface area contributed by atoms with E-state index in [2.05, 4.69) is 15.3 Å². The van der Waals surface area contributed by atoms with Crippen molar-refractivity contribution in [2.45, 2.75) is 18.1 Å². The molecule has 1 aromatic rings. The lowest BCUT2D eigenvalue weighted by molar-refractivity contribution is -0.220. The van der Waals surface area contributed by atoms with Crippen LogP contribution in [0.15, 0.2) is 17.1 Å². The summed E-state index contributed by atoms with van der Waals surface area (Å²) in [7, 11) is -1.21. The third-order valence-corrected chi connectivity index (χ3v) is 4.76. The summed E-state index contributed by atoms with van der Waals surface area (Å²) in [5.74, 6) is -1.83. The van der Waals surface area contributed by atoms with Crippen LogP contribution in [0.3, 0.4) is 0 Å². The van der Waals surface area contributed by atoms with Crippen LogP contribution in [0.5, 0.6) is 0 Å². The smallest absolute Gasteiger partial charge is 0.355 e. The molecule has 0 bridgehead atoms. The Morgan fingerprint density at radius 3 is 2.74 bits per heavy atom. The van der Waals surface area contributed by atoms with Crippen LogP contribution in [0, 0.1) is 0 Å². The standard InChI is InChI=1S/C11H18N3O8P/c1-19-23(18,20-2)6-22-11(9(16)7(15)5-21-11)14-8-3-4-12-10(17)13-8/h3-4,7,9,15-16H,5-6H2,1-2H3,(H2,12,13,14,17)/t7-,9-,11+/m1/s1. The number of nitrogens with zero attached hydrogens (tertiary/aromatic N) is 1. The third kappa shape index (κ3) is 3.96. The highest BCUT2D eigenvalue weighted by molar-refractivity contribution is 7.53. The first-order chi connectivity index (χ1) is 10.8. The number of aliphatic hydroxyl groups excluding tert-OH is 2. The van der Waals surface area contributed by atoms with E-state index in [4.69, 9.17) is 18.5 Å². The van der Waals surface area contributed by atoms with Crippen LogP contribution in [-0.2, 0) is 23.1 Å². The van der Waals surface area contributed by atoms with Crippen molar-refractivity contribution in [3.05, 3.63) is 22.7 Å². The Bertz CT molecular complexity index is 632. The number of nitrogens with one attached hydrogen (secondary N) is 2. The van der Waals surface area contributed by atoms with Crippen molar-refractivity contribution in [1.29, 1.82) is 0 Å². The molecule has 11 nitrogen and oxygen atoms in total. The molecule has 2 heterocycles. The zero-order valence-electron chi connectivity index (χ0n) is 12.5. The van der Waals surface area contributed by atoms with Gasteiger partial charge in [0, 0.05) is 20.4 Å². The summed E-state index contributed by atoms with van der Waals surface area (Å²) in [5.41, 5.74) is -0.641. The number of ether oxygens (including phenoxy) is 2. The first-order valence-electron chi connectivity index (χ1n) is 6.52. The van der Waals surface area contributed by atoms with Crippen molar-refractivity contribution < 1.29 is 33.3 Å². The Labute approximate surface area is 131 Å². The van der Waals surface area contributed by atoms with Gasteiger partial charge in [-0.15, -0.1) is 0 Å². The number of aromatic amines is 1. The molecule has 12 heteroatoms. The van der Waals surface area contributed by atoms with E-state index in [1.807, 2.05) is 0 Å². The first kappa shape index (κ1) is 18.0. The minimum absolute atomic E-state index is 0.114. The molecule has 1 fully saturated rings. The minimum Gasteiger partial charge on any atom is -0.388 e. The van der Waals surface area contributed by atoms with E-state index in [1.165, 1.54) is 26.5 Å². The fourth-order valence-electron chi connectivity index (χ4n) is 1.90. The van der Waals surface area contributed by atoms with Crippen molar-refractivity contribution in [2.24, 2.45) is 0 Å². The molecular formula is C11H18N3O8P. The summed E-state index contributed by atoms with van der Waals surface area (Å²) in [4.78, 5) is 17.1. The van der Waals surface area contributed by atoms with E-state index in [9.17, 15) is 19.6 Å². The van der Waals surface area contributed by atoms with Crippen LogP contribution in [0.4, 0.5) is 5.82 Å². The molecule has 0 aromatic carbocycles. The van der Waals surface area contributed by atoms with E-state index in [-0.39, 0.29) is 12.4 Å². The fraction of sp³-hybridized carbons (Fsp3) is 0.636. The van der Waals surface area contributed by atoms with Gasteiger partial charge in [-0.2, -0.15) is 0 Å². The predicted octanol–water partition coefficient (Wildman–Crippen LogP) is -0.952. The van der Waals surface area contributed by atoms with Crippen molar-refractivity contribution in [2.75, 3.05) is 32.5 Å². The molecule has 1 aliphatic heterocycles. The minimum atomic E-state index is -3.56. The molecule has 0 amide bonds. The lowest BCUT2D eigenvalue weighted by atomic mass is 10.2. The van der Waals surface area contributed by atoms with Gasteiger partial charge in [-0.3, -0.25) is 9.55 Å². The van der Waals surface area contributed by atoms with Gasteiger partial charge in [-0.25, -0.2) is 9.78 Å². The molecule has 1 aromatic heterocycles. The van der Waals surface area contributed by atoms with Gasteiger partial charge in [0.05, 0.1) is 6.61 Å². The van der Waals surface area contributed by atoms with E-state index < -0.39 is 37.8 Å². The Morgan fingerprint density at radius 1 is 1.52 bits per heavy atom. The highest BCUT2D eigenvalue weighted by Gasteiger charge is 2.52. The van der Waals surface area contributed by atoms with Gasteiger partial charge in [0.25, 0.3) is 5.91 Å². The zero-order chi connectivity index (χ0) is 17.1. The summed E-state index contributed by atoms with van der Waals surface area (Å²) >= 11 is 0.